The third-order valence-corrected chi connectivity index (χ3v) is 10.5. The topological polar surface area (TPSA) is 210 Å². The number of nitrogens with zero attached hydrogens (tertiary/aromatic N) is 4. The van der Waals surface area contributed by atoms with Gasteiger partial charge in [-0.3, -0.25) is 9.11 Å². The molecule has 52 heavy (non-hydrogen) atoms. The van der Waals surface area contributed by atoms with Gasteiger partial charge in [-0.05, 0) is 71.5 Å². The van der Waals surface area contributed by atoms with Gasteiger partial charge in [0.15, 0.2) is 0 Å². The van der Waals surface area contributed by atoms with Gasteiger partial charge < -0.3 is 11.5 Å². The highest BCUT2D eigenvalue weighted by Gasteiger charge is 2.20. The summed E-state index contributed by atoms with van der Waals surface area (Å²) in [4.78, 5) is -0.602. The number of benzene rings is 6. The maximum atomic E-state index is 12.2. The van der Waals surface area contributed by atoms with E-state index < -0.39 is 20.2 Å². The SMILES string of the molecule is CCCc1cc(-c2ccc(/N=N/c3cc(S(=O)(=O)O)c4ccccc4c3N)c(CCC)c2)ccc1/N=N/c1cc(S(=O)(=O)O)c2ccccc2c1N. The summed E-state index contributed by atoms with van der Waals surface area (Å²) in [6, 6.07) is 27.2. The zero-order valence-corrected chi connectivity index (χ0v) is 30.0. The van der Waals surface area contributed by atoms with E-state index >= 15 is 0 Å². The van der Waals surface area contributed by atoms with Crippen LogP contribution in [0.25, 0.3) is 32.7 Å². The smallest absolute Gasteiger partial charge is 0.295 e. The van der Waals surface area contributed by atoms with Crippen LogP contribution in [-0.2, 0) is 33.1 Å². The van der Waals surface area contributed by atoms with Gasteiger partial charge in [0, 0.05) is 21.5 Å². The number of hydrogen-bond donors (Lipinski definition) is 4. The molecular formula is C38H36N6O6S2. The van der Waals surface area contributed by atoms with E-state index in [0.29, 0.717) is 35.0 Å². The van der Waals surface area contributed by atoms with Crippen LogP contribution in [0, 0.1) is 0 Å². The number of nitrogens with two attached hydrogens (primary N) is 2. The van der Waals surface area contributed by atoms with Crippen molar-refractivity contribution in [1.82, 2.24) is 0 Å². The molecule has 6 N–H and O–H groups in total. The van der Waals surface area contributed by atoms with E-state index in [4.69, 9.17) is 11.5 Å². The Morgan fingerprint density at radius 1 is 0.500 bits per heavy atom. The van der Waals surface area contributed by atoms with Crippen LogP contribution < -0.4 is 11.5 Å². The van der Waals surface area contributed by atoms with Crippen molar-refractivity contribution in [2.45, 2.75) is 49.3 Å². The number of fused-ring (bicyclic) bond motifs is 2. The summed E-state index contributed by atoms with van der Waals surface area (Å²) < 4.78 is 68.5. The Labute approximate surface area is 301 Å². The van der Waals surface area contributed by atoms with Crippen molar-refractivity contribution in [2.24, 2.45) is 20.5 Å². The summed E-state index contributed by atoms with van der Waals surface area (Å²) in [5, 5.41) is 19.0. The predicted octanol–water partition coefficient (Wildman–Crippen LogP) is 10.1. The summed E-state index contributed by atoms with van der Waals surface area (Å²) in [6.07, 6.45) is 3.04. The molecule has 0 bridgehead atoms. The maximum absolute atomic E-state index is 12.2. The molecular weight excluding hydrogens is 701 g/mol. The van der Waals surface area contributed by atoms with Gasteiger partial charge in [-0.25, -0.2) is 0 Å². The lowest BCUT2D eigenvalue weighted by atomic mass is 9.96. The van der Waals surface area contributed by atoms with Crippen LogP contribution in [0.4, 0.5) is 34.1 Å². The zero-order chi connectivity index (χ0) is 37.2. The predicted molar refractivity (Wildman–Crippen MR) is 205 cm³/mol. The minimum atomic E-state index is -4.56. The van der Waals surface area contributed by atoms with Crippen molar-refractivity contribution in [2.75, 3.05) is 11.5 Å². The molecule has 0 aromatic heterocycles. The van der Waals surface area contributed by atoms with E-state index in [0.717, 1.165) is 35.1 Å². The summed E-state index contributed by atoms with van der Waals surface area (Å²) >= 11 is 0. The molecule has 0 saturated heterocycles. The minimum Gasteiger partial charge on any atom is -0.396 e. The first-order valence-corrected chi connectivity index (χ1v) is 19.3. The molecule has 0 fully saturated rings. The molecule has 0 heterocycles. The molecule has 0 aliphatic carbocycles. The second kappa shape index (κ2) is 14.6. The second-order valence-corrected chi connectivity index (χ2v) is 15.0. The normalized spacial score (nSPS) is 12.5. The van der Waals surface area contributed by atoms with Gasteiger partial charge in [-0.1, -0.05) is 87.4 Å². The molecule has 0 aliphatic rings. The molecule has 0 radical (unpaired) electrons. The fourth-order valence-electron chi connectivity index (χ4n) is 6.17. The first kappa shape index (κ1) is 36.3. The van der Waals surface area contributed by atoms with E-state index in [1.165, 1.54) is 12.1 Å². The van der Waals surface area contributed by atoms with Gasteiger partial charge >= 0.3 is 0 Å². The van der Waals surface area contributed by atoms with Gasteiger partial charge in [0.2, 0.25) is 0 Å². The molecule has 6 aromatic rings. The third kappa shape index (κ3) is 7.41. The Morgan fingerprint density at radius 3 is 1.19 bits per heavy atom. The molecule has 0 amide bonds. The summed E-state index contributed by atoms with van der Waals surface area (Å²) in [7, 11) is -9.11. The van der Waals surface area contributed by atoms with E-state index in [1.54, 1.807) is 48.5 Å². The largest absolute Gasteiger partial charge is 0.396 e. The molecule has 0 aliphatic heterocycles. The lowest BCUT2D eigenvalue weighted by molar-refractivity contribution is 0.482. The number of anilines is 2. The van der Waals surface area contributed by atoms with E-state index in [9.17, 15) is 25.9 Å². The van der Waals surface area contributed by atoms with Crippen molar-refractivity contribution < 1.29 is 25.9 Å². The molecule has 14 heteroatoms. The highest BCUT2D eigenvalue weighted by atomic mass is 32.2. The Bertz CT molecular complexity index is 2460. The van der Waals surface area contributed by atoms with Crippen LogP contribution in [0.2, 0.25) is 0 Å². The fraction of sp³-hybridized carbons (Fsp3) is 0.158. The van der Waals surface area contributed by atoms with Crippen LogP contribution >= 0.6 is 0 Å². The molecule has 266 valence electrons. The lowest BCUT2D eigenvalue weighted by Gasteiger charge is -2.12. The van der Waals surface area contributed by atoms with E-state index in [1.807, 2.05) is 50.2 Å². The Balaban J connectivity index is 1.35. The summed E-state index contributed by atoms with van der Waals surface area (Å²) in [5.41, 5.74) is 18.3. The standard InChI is InChI=1S/C38H36N6O6S2/c1-3-9-25-19-23(15-17-31(25)41-43-33-21-35(51(45,46)47)27-11-5-7-13-29(27)37(33)39)24-16-18-32(26(20-24)10-4-2)42-44-34-22-36(52(48,49)50)28-12-6-8-14-30(28)38(34)40/h5-8,11-22H,3-4,9-10,39-40H2,1-2H3,(H,45,46,47)(H,48,49,50)/b43-41+,44-42+. The van der Waals surface area contributed by atoms with Gasteiger partial charge in [0.05, 0.1) is 22.7 Å². The highest BCUT2D eigenvalue weighted by Crippen LogP contribution is 2.40. The van der Waals surface area contributed by atoms with Crippen molar-refractivity contribution >= 4 is 75.9 Å². The van der Waals surface area contributed by atoms with Crippen LogP contribution in [0.3, 0.4) is 0 Å². The Morgan fingerprint density at radius 2 is 0.846 bits per heavy atom. The van der Waals surface area contributed by atoms with Crippen molar-refractivity contribution in [3.8, 4) is 11.1 Å². The van der Waals surface area contributed by atoms with Crippen molar-refractivity contribution in [1.29, 1.82) is 0 Å². The number of rotatable bonds is 11. The Hall–Kier alpha value is -5.54. The maximum Gasteiger partial charge on any atom is 0.295 e. The number of nitrogen functional groups attached to an aromatic ring is 2. The molecule has 0 saturated carbocycles. The molecule has 6 rings (SSSR count). The number of aryl methyl sites for hydroxylation is 2. The highest BCUT2D eigenvalue weighted by molar-refractivity contribution is 7.86. The molecule has 0 unspecified atom stereocenters. The fourth-order valence-corrected chi connectivity index (χ4v) is 7.61. The molecule has 12 nitrogen and oxygen atoms in total. The molecule has 0 atom stereocenters. The van der Waals surface area contributed by atoms with Crippen LogP contribution in [-0.4, -0.2) is 25.9 Å². The summed E-state index contributed by atoms with van der Waals surface area (Å²) in [5.74, 6) is 0. The average molecular weight is 737 g/mol. The number of azo groups is 2. The van der Waals surface area contributed by atoms with Gasteiger partial charge in [-0.2, -0.15) is 27.1 Å². The van der Waals surface area contributed by atoms with Crippen LogP contribution in [0.1, 0.15) is 37.8 Å². The Kier molecular flexibility index (Phi) is 10.2. The first-order valence-electron chi connectivity index (χ1n) is 16.5. The summed E-state index contributed by atoms with van der Waals surface area (Å²) in [6.45, 7) is 4.10. The first-order chi connectivity index (χ1) is 24.8. The third-order valence-electron chi connectivity index (χ3n) is 8.67. The quantitative estimate of drug-likeness (QED) is 0.0569. The molecule has 6 aromatic carbocycles. The minimum absolute atomic E-state index is 0.117. The zero-order valence-electron chi connectivity index (χ0n) is 28.4. The van der Waals surface area contributed by atoms with E-state index in [2.05, 4.69) is 20.5 Å². The second-order valence-electron chi connectivity index (χ2n) is 12.2. The van der Waals surface area contributed by atoms with Gasteiger partial charge in [0.1, 0.15) is 21.2 Å². The van der Waals surface area contributed by atoms with Crippen molar-refractivity contribution in [3.05, 3.63) is 108 Å². The van der Waals surface area contributed by atoms with Crippen molar-refractivity contribution in [3.63, 3.8) is 0 Å². The van der Waals surface area contributed by atoms with E-state index in [-0.39, 0.29) is 43.3 Å². The average Bonchev–Trinajstić information content (AvgIpc) is 3.11. The van der Waals surface area contributed by atoms with Crippen LogP contribution in [0.5, 0.6) is 0 Å². The van der Waals surface area contributed by atoms with Gasteiger partial charge in [0.25, 0.3) is 20.2 Å². The number of hydrogen-bond acceptors (Lipinski definition) is 10. The molecule has 0 spiro atoms. The van der Waals surface area contributed by atoms with Crippen LogP contribution in [0.15, 0.2) is 127 Å². The van der Waals surface area contributed by atoms with Gasteiger partial charge in [-0.15, -0.1) is 10.2 Å². The lowest BCUT2D eigenvalue weighted by Crippen LogP contribution is -2.01. The monoisotopic (exact) mass is 736 g/mol.